The third-order valence-corrected chi connectivity index (χ3v) is 4.44. The number of hydrogen-bond donors (Lipinski definition) is 2. The van der Waals surface area contributed by atoms with Crippen molar-refractivity contribution in [2.24, 2.45) is 5.92 Å². The van der Waals surface area contributed by atoms with Crippen molar-refractivity contribution in [1.29, 1.82) is 0 Å². The minimum atomic E-state index is -0.718. The summed E-state index contributed by atoms with van der Waals surface area (Å²) < 4.78 is 0. The molecule has 4 heteroatoms. The lowest BCUT2D eigenvalue weighted by atomic mass is 9.79. The van der Waals surface area contributed by atoms with Gasteiger partial charge in [0.25, 0.3) is 0 Å². The van der Waals surface area contributed by atoms with Crippen LogP contribution in [0.15, 0.2) is 23.6 Å². The second kappa shape index (κ2) is 6.35. The Kier molecular flexibility index (Phi) is 4.77. The number of nitrogens with one attached hydrogen (secondary N) is 1. The van der Waals surface area contributed by atoms with E-state index < -0.39 is 5.60 Å². The molecule has 1 amide bonds. The summed E-state index contributed by atoms with van der Waals surface area (Å²) in [5.41, 5.74) is -0.718. The van der Waals surface area contributed by atoms with Gasteiger partial charge in [0.05, 0.1) is 5.60 Å². The van der Waals surface area contributed by atoms with Gasteiger partial charge in [0, 0.05) is 17.5 Å². The molecule has 1 heterocycles. The van der Waals surface area contributed by atoms with Crippen LogP contribution in [0.5, 0.6) is 0 Å². The van der Waals surface area contributed by atoms with Crippen LogP contribution in [0.4, 0.5) is 0 Å². The summed E-state index contributed by atoms with van der Waals surface area (Å²) in [5.74, 6) is 0.400. The maximum Gasteiger partial charge on any atom is 0.244 e. The molecule has 0 radical (unpaired) electrons. The Bertz CT molecular complexity index is 441. The number of hydrogen-bond acceptors (Lipinski definition) is 3. The van der Waals surface area contributed by atoms with Gasteiger partial charge in [-0.1, -0.05) is 25.8 Å². The Labute approximate surface area is 118 Å². The number of aliphatic hydroxyl groups is 1. The van der Waals surface area contributed by atoms with E-state index in [1.54, 1.807) is 17.4 Å². The van der Waals surface area contributed by atoms with Crippen LogP contribution in [-0.2, 0) is 4.79 Å². The normalized spacial score (nSPS) is 27.6. The monoisotopic (exact) mass is 279 g/mol. The maximum absolute atomic E-state index is 11.7. The number of amides is 1. The van der Waals surface area contributed by atoms with Gasteiger partial charge in [-0.2, -0.15) is 0 Å². The van der Waals surface area contributed by atoms with Crippen molar-refractivity contribution in [2.75, 3.05) is 6.54 Å². The van der Waals surface area contributed by atoms with Crippen LogP contribution in [0.3, 0.4) is 0 Å². The van der Waals surface area contributed by atoms with E-state index in [0.717, 1.165) is 24.1 Å². The Morgan fingerprint density at radius 2 is 2.53 bits per heavy atom. The van der Waals surface area contributed by atoms with E-state index in [0.29, 0.717) is 12.5 Å². The summed E-state index contributed by atoms with van der Waals surface area (Å²) in [7, 11) is 0. The Balaban J connectivity index is 1.80. The molecule has 2 unspecified atom stereocenters. The maximum atomic E-state index is 11.7. The quantitative estimate of drug-likeness (QED) is 0.833. The molecular formula is C15H21NO2S. The standard InChI is InChI=1S/C15H21NO2S/c1-12-4-2-8-15(18,10-12)11-16-14(17)7-6-13-5-3-9-19-13/h3,5-7,9,12,18H,2,4,8,10-11H2,1H3,(H,16,17). The van der Waals surface area contributed by atoms with Crippen LogP contribution in [0.1, 0.15) is 37.5 Å². The van der Waals surface area contributed by atoms with E-state index in [1.165, 1.54) is 12.5 Å². The van der Waals surface area contributed by atoms with Crippen molar-refractivity contribution in [3.05, 3.63) is 28.5 Å². The van der Waals surface area contributed by atoms with Gasteiger partial charge < -0.3 is 10.4 Å². The molecule has 1 saturated carbocycles. The molecule has 3 nitrogen and oxygen atoms in total. The second-order valence-corrected chi connectivity index (χ2v) is 6.47. The smallest absolute Gasteiger partial charge is 0.244 e. The molecule has 0 bridgehead atoms. The fourth-order valence-corrected chi connectivity index (χ4v) is 3.27. The largest absolute Gasteiger partial charge is 0.388 e. The van der Waals surface area contributed by atoms with E-state index in [2.05, 4.69) is 12.2 Å². The zero-order valence-electron chi connectivity index (χ0n) is 11.3. The third kappa shape index (κ3) is 4.48. The van der Waals surface area contributed by atoms with Crippen molar-refractivity contribution >= 4 is 23.3 Å². The SMILES string of the molecule is CC1CCCC(O)(CNC(=O)C=Cc2cccs2)C1. The molecule has 0 saturated heterocycles. The number of rotatable bonds is 4. The zero-order valence-corrected chi connectivity index (χ0v) is 12.1. The zero-order chi connectivity index (χ0) is 13.7. The summed E-state index contributed by atoms with van der Waals surface area (Å²) in [6.07, 6.45) is 7.11. The van der Waals surface area contributed by atoms with Crippen molar-refractivity contribution in [1.82, 2.24) is 5.32 Å². The van der Waals surface area contributed by atoms with Gasteiger partial charge in [-0.25, -0.2) is 0 Å². The molecule has 1 aromatic rings. The average molecular weight is 279 g/mol. The van der Waals surface area contributed by atoms with Crippen molar-refractivity contribution in [3.63, 3.8) is 0 Å². The molecular weight excluding hydrogens is 258 g/mol. The van der Waals surface area contributed by atoms with E-state index >= 15 is 0 Å². The molecule has 2 N–H and O–H groups in total. The summed E-state index contributed by atoms with van der Waals surface area (Å²) in [6.45, 7) is 2.51. The molecule has 0 spiro atoms. The summed E-state index contributed by atoms with van der Waals surface area (Å²) in [6, 6.07) is 3.92. The molecule has 19 heavy (non-hydrogen) atoms. The molecule has 0 aromatic carbocycles. The first-order chi connectivity index (χ1) is 9.07. The summed E-state index contributed by atoms with van der Waals surface area (Å²) >= 11 is 1.59. The van der Waals surface area contributed by atoms with Crippen LogP contribution >= 0.6 is 11.3 Å². The van der Waals surface area contributed by atoms with Crippen LogP contribution < -0.4 is 5.32 Å². The van der Waals surface area contributed by atoms with Crippen molar-refractivity contribution in [2.45, 2.75) is 38.2 Å². The lowest BCUT2D eigenvalue weighted by molar-refractivity contribution is -0.118. The number of thiophene rings is 1. The Morgan fingerprint density at radius 3 is 3.21 bits per heavy atom. The van der Waals surface area contributed by atoms with Crippen LogP contribution in [0.2, 0.25) is 0 Å². The van der Waals surface area contributed by atoms with Gasteiger partial charge in [-0.3, -0.25) is 4.79 Å². The fraction of sp³-hybridized carbons (Fsp3) is 0.533. The number of carbonyl (C=O) groups excluding carboxylic acids is 1. The topological polar surface area (TPSA) is 49.3 Å². The van der Waals surface area contributed by atoms with Gasteiger partial charge in [0.1, 0.15) is 0 Å². The highest BCUT2D eigenvalue weighted by Crippen LogP contribution is 2.31. The van der Waals surface area contributed by atoms with Crippen molar-refractivity contribution < 1.29 is 9.90 Å². The summed E-state index contributed by atoms with van der Waals surface area (Å²) in [5, 5.41) is 15.2. The van der Waals surface area contributed by atoms with E-state index in [4.69, 9.17) is 0 Å². The van der Waals surface area contributed by atoms with Crippen LogP contribution in [0.25, 0.3) is 6.08 Å². The van der Waals surface area contributed by atoms with Crippen LogP contribution in [-0.4, -0.2) is 23.2 Å². The predicted molar refractivity (Wildman–Crippen MR) is 78.9 cm³/mol. The molecule has 104 valence electrons. The van der Waals surface area contributed by atoms with Gasteiger partial charge in [-0.05, 0) is 36.3 Å². The predicted octanol–water partition coefficient (Wildman–Crippen LogP) is 2.82. The summed E-state index contributed by atoms with van der Waals surface area (Å²) in [4.78, 5) is 12.8. The minimum absolute atomic E-state index is 0.139. The van der Waals surface area contributed by atoms with Gasteiger partial charge in [0.15, 0.2) is 0 Å². The molecule has 1 aromatic heterocycles. The van der Waals surface area contributed by atoms with Gasteiger partial charge in [0.2, 0.25) is 5.91 Å². The minimum Gasteiger partial charge on any atom is -0.388 e. The van der Waals surface area contributed by atoms with E-state index in [-0.39, 0.29) is 5.91 Å². The first-order valence-corrected chi connectivity index (χ1v) is 7.67. The highest BCUT2D eigenvalue weighted by Gasteiger charge is 2.32. The Hall–Kier alpha value is -1.13. The second-order valence-electron chi connectivity index (χ2n) is 5.49. The molecule has 2 rings (SSSR count). The number of carbonyl (C=O) groups is 1. The highest BCUT2D eigenvalue weighted by atomic mass is 32.1. The van der Waals surface area contributed by atoms with Gasteiger partial charge in [-0.15, -0.1) is 11.3 Å². The fourth-order valence-electron chi connectivity index (χ4n) is 2.65. The molecule has 1 aliphatic carbocycles. The third-order valence-electron chi connectivity index (χ3n) is 3.60. The highest BCUT2D eigenvalue weighted by molar-refractivity contribution is 7.10. The Morgan fingerprint density at radius 1 is 1.68 bits per heavy atom. The first-order valence-electron chi connectivity index (χ1n) is 6.79. The first kappa shape index (κ1) is 14.3. The van der Waals surface area contributed by atoms with E-state index in [9.17, 15) is 9.90 Å². The average Bonchev–Trinajstić information content (AvgIpc) is 2.87. The molecule has 0 aliphatic heterocycles. The van der Waals surface area contributed by atoms with Crippen molar-refractivity contribution in [3.8, 4) is 0 Å². The lowest BCUT2D eigenvalue weighted by Crippen LogP contribution is -2.45. The van der Waals surface area contributed by atoms with Gasteiger partial charge >= 0.3 is 0 Å². The van der Waals surface area contributed by atoms with Crippen LogP contribution in [0, 0.1) is 5.92 Å². The molecule has 2 atom stereocenters. The van der Waals surface area contributed by atoms with E-state index in [1.807, 2.05) is 17.5 Å². The lowest BCUT2D eigenvalue weighted by Gasteiger charge is -2.35. The molecule has 1 aliphatic rings. The molecule has 1 fully saturated rings.